The minimum atomic E-state index is -0.298. The Bertz CT molecular complexity index is 390. The van der Waals surface area contributed by atoms with Crippen molar-refractivity contribution in [1.82, 2.24) is 0 Å². The highest BCUT2D eigenvalue weighted by atomic mass is 19.1. The molecule has 2 unspecified atom stereocenters. The Morgan fingerprint density at radius 1 is 1.28 bits per heavy atom. The van der Waals surface area contributed by atoms with E-state index in [1.165, 1.54) is 6.07 Å². The second kappa shape index (κ2) is 7.27. The smallest absolute Gasteiger partial charge is 0.140 e. The van der Waals surface area contributed by atoms with Crippen molar-refractivity contribution in [2.24, 2.45) is 11.7 Å². The molecule has 0 aliphatic carbocycles. The molecular formula is C15H22FNO. The molecule has 0 saturated heterocycles. The van der Waals surface area contributed by atoms with E-state index in [1.54, 1.807) is 18.2 Å². The van der Waals surface area contributed by atoms with Gasteiger partial charge in [0.2, 0.25) is 0 Å². The molecule has 1 aromatic rings. The van der Waals surface area contributed by atoms with E-state index >= 15 is 0 Å². The lowest BCUT2D eigenvalue weighted by Crippen LogP contribution is -2.17. The number of Topliss-reactive ketones (excluding diaryl/α,β-unsaturated/α-hetero) is 1. The van der Waals surface area contributed by atoms with Crippen molar-refractivity contribution in [3.05, 3.63) is 35.6 Å². The highest BCUT2D eigenvalue weighted by molar-refractivity contribution is 5.82. The predicted octanol–water partition coefficient (Wildman–Crippen LogP) is 3.09. The van der Waals surface area contributed by atoms with Gasteiger partial charge in [0.15, 0.2) is 0 Å². The van der Waals surface area contributed by atoms with Crippen LogP contribution in [0.3, 0.4) is 0 Å². The minimum absolute atomic E-state index is 0.0247. The number of hydrogen-bond acceptors (Lipinski definition) is 2. The lowest BCUT2D eigenvalue weighted by molar-refractivity contribution is -0.122. The van der Waals surface area contributed by atoms with E-state index in [-0.39, 0.29) is 30.0 Å². The summed E-state index contributed by atoms with van der Waals surface area (Å²) in [5, 5.41) is 0. The molecule has 3 heteroatoms. The van der Waals surface area contributed by atoms with Crippen LogP contribution in [0.2, 0.25) is 0 Å². The number of halogens is 1. The number of carbonyl (C=O) groups is 1. The van der Waals surface area contributed by atoms with Gasteiger partial charge in [0.25, 0.3) is 0 Å². The molecule has 0 aliphatic rings. The molecule has 0 saturated carbocycles. The van der Waals surface area contributed by atoms with Gasteiger partial charge in [0.1, 0.15) is 11.6 Å². The predicted molar refractivity (Wildman–Crippen MR) is 71.8 cm³/mol. The molecule has 0 spiro atoms. The molecular weight excluding hydrogens is 229 g/mol. The largest absolute Gasteiger partial charge is 0.328 e. The molecule has 2 atom stereocenters. The number of benzene rings is 1. The van der Waals surface area contributed by atoms with Crippen molar-refractivity contribution in [3.8, 4) is 0 Å². The zero-order valence-electron chi connectivity index (χ0n) is 11.2. The summed E-state index contributed by atoms with van der Waals surface area (Å²) in [6, 6.07) is 6.63. The fourth-order valence-corrected chi connectivity index (χ4v) is 1.91. The second-order valence-electron chi connectivity index (χ2n) is 5.04. The van der Waals surface area contributed by atoms with Gasteiger partial charge in [-0.2, -0.15) is 0 Å². The zero-order chi connectivity index (χ0) is 13.5. The maximum absolute atomic E-state index is 13.4. The Morgan fingerprint density at radius 3 is 2.56 bits per heavy atom. The van der Waals surface area contributed by atoms with Gasteiger partial charge in [-0.05, 0) is 31.4 Å². The normalized spacial score (nSPS) is 14.2. The summed E-state index contributed by atoms with van der Waals surface area (Å²) >= 11 is 0. The maximum atomic E-state index is 13.4. The zero-order valence-corrected chi connectivity index (χ0v) is 11.2. The summed E-state index contributed by atoms with van der Waals surface area (Å²) in [6.45, 7) is 3.87. The SMILES string of the molecule is CC(N)CCCC(C)C(=O)Cc1ccccc1F. The van der Waals surface area contributed by atoms with Crippen molar-refractivity contribution < 1.29 is 9.18 Å². The molecule has 0 aliphatic heterocycles. The van der Waals surface area contributed by atoms with Crippen molar-refractivity contribution in [2.45, 2.75) is 45.6 Å². The number of hydrogen-bond donors (Lipinski definition) is 1. The first-order chi connectivity index (χ1) is 8.50. The average molecular weight is 251 g/mol. The monoisotopic (exact) mass is 251 g/mol. The Balaban J connectivity index is 2.43. The molecule has 1 rings (SSSR count). The van der Waals surface area contributed by atoms with Crippen LogP contribution in [0.1, 0.15) is 38.7 Å². The van der Waals surface area contributed by atoms with Crippen LogP contribution >= 0.6 is 0 Å². The van der Waals surface area contributed by atoms with Crippen LogP contribution in [0.4, 0.5) is 4.39 Å². The molecule has 0 heterocycles. The van der Waals surface area contributed by atoms with E-state index in [0.29, 0.717) is 5.56 Å². The maximum Gasteiger partial charge on any atom is 0.140 e. The number of rotatable bonds is 7. The van der Waals surface area contributed by atoms with Crippen LogP contribution < -0.4 is 5.73 Å². The average Bonchev–Trinajstić information content (AvgIpc) is 2.31. The van der Waals surface area contributed by atoms with Crippen LogP contribution in [0, 0.1) is 11.7 Å². The summed E-state index contributed by atoms with van der Waals surface area (Å²) in [7, 11) is 0. The molecule has 2 N–H and O–H groups in total. The molecule has 18 heavy (non-hydrogen) atoms. The van der Waals surface area contributed by atoms with E-state index in [2.05, 4.69) is 0 Å². The molecule has 0 amide bonds. The van der Waals surface area contributed by atoms with Crippen LogP contribution in [-0.2, 0) is 11.2 Å². The highest BCUT2D eigenvalue weighted by Gasteiger charge is 2.15. The molecule has 0 aromatic heterocycles. The molecule has 0 fully saturated rings. The third kappa shape index (κ3) is 4.96. The summed E-state index contributed by atoms with van der Waals surface area (Å²) in [4.78, 5) is 11.9. The highest BCUT2D eigenvalue weighted by Crippen LogP contribution is 2.15. The number of ketones is 1. The first-order valence-electron chi connectivity index (χ1n) is 6.52. The fraction of sp³-hybridized carbons (Fsp3) is 0.533. The Hall–Kier alpha value is -1.22. The van der Waals surface area contributed by atoms with Gasteiger partial charge in [-0.1, -0.05) is 31.5 Å². The molecule has 1 aromatic carbocycles. The van der Waals surface area contributed by atoms with Crippen molar-refractivity contribution in [3.63, 3.8) is 0 Å². The fourth-order valence-electron chi connectivity index (χ4n) is 1.91. The first kappa shape index (κ1) is 14.8. The Morgan fingerprint density at radius 2 is 1.94 bits per heavy atom. The van der Waals surface area contributed by atoms with Gasteiger partial charge in [-0.25, -0.2) is 4.39 Å². The van der Waals surface area contributed by atoms with Crippen molar-refractivity contribution in [1.29, 1.82) is 0 Å². The Kier molecular flexibility index (Phi) is 5.99. The van der Waals surface area contributed by atoms with Crippen LogP contribution in [0.15, 0.2) is 24.3 Å². The lowest BCUT2D eigenvalue weighted by atomic mass is 9.94. The van der Waals surface area contributed by atoms with Crippen molar-refractivity contribution >= 4 is 5.78 Å². The summed E-state index contributed by atoms with van der Waals surface area (Å²) in [5.74, 6) is -0.221. The van der Waals surface area contributed by atoms with Gasteiger partial charge in [-0.3, -0.25) is 4.79 Å². The lowest BCUT2D eigenvalue weighted by Gasteiger charge is -2.11. The van der Waals surface area contributed by atoms with Gasteiger partial charge < -0.3 is 5.73 Å². The van der Waals surface area contributed by atoms with Gasteiger partial charge in [0.05, 0.1) is 0 Å². The number of carbonyl (C=O) groups excluding carboxylic acids is 1. The van der Waals surface area contributed by atoms with Gasteiger partial charge in [-0.15, -0.1) is 0 Å². The third-order valence-electron chi connectivity index (χ3n) is 3.17. The molecule has 100 valence electrons. The molecule has 0 radical (unpaired) electrons. The summed E-state index contributed by atoms with van der Waals surface area (Å²) < 4.78 is 13.4. The Labute approximate surface area is 108 Å². The third-order valence-corrected chi connectivity index (χ3v) is 3.17. The summed E-state index contributed by atoms with van der Waals surface area (Å²) in [6.07, 6.45) is 2.89. The van der Waals surface area contributed by atoms with E-state index in [1.807, 2.05) is 13.8 Å². The molecule has 2 nitrogen and oxygen atoms in total. The second-order valence-corrected chi connectivity index (χ2v) is 5.04. The first-order valence-corrected chi connectivity index (χ1v) is 6.52. The standard InChI is InChI=1S/C15H22FNO/c1-11(6-5-7-12(2)17)15(18)10-13-8-3-4-9-14(13)16/h3-4,8-9,11-12H,5-7,10,17H2,1-2H3. The van der Waals surface area contributed by atoms with Crippen LogP contribution in [0.5, 0.6) is 0 Å². The topological polar surface area (TPSA) is 43.1 Å². The quantitative estimate of drug-likeness (QED) is 0.809. The van der Waals surface area contributed by atoms with E-state index in [4.69, 9.17) is 5.73 Å². The summed E-state index contributed by atoms with van der Waals surface area (Å²) in [5.41, 5.74) is 6.15. The minimum Gasteiger partial charge on any atom is -0.328 e. The number of nitrogens with two attached hydrogens (primary N) is 1. The van der Waals surface area contributed by atoms with E-state index in [0.717, 1.165) is 19.3 Å². The van der Waals surface area contributed by atoms with E-state index in [9.17, 15) is 9.18 Å². The van der Waals surface area contributed by atoms with E-state index < -0.39 is 0 Å². The van der Waals surface area contributed by atoms with Gasteiger partial charge >= 0.3 is 0 Å². The van der Waals surface area contributed by atoms with Crippen molar-refractivity contribution in [2.75, 3.05) is 0 Å². The van der Waals surface area contributed by atoms with Gasteiger partial charge in [0, 0.05) is 18.4 Å². The molecule has 0 bridgehead atoms. The van der Waals surface area contributed by atoms with Crippen LogP contribution in [0.25, 0.3) is 0 Å². The van der Waals surface area contributed by atoms with Crippen LogP contribution in [-0.4, -0.2) is 11.8 Å².